The van der Waals surface area contributed by atoms with Gasteiger partial charge in [0.05, 0.1) is 0 Å². The molecule has 1 aliphatic rings. The molecule has 74 valence electrons. The van der Waals surface area contributed by atoms with Crippen molar-refractivity contribution >= 4 is 5.78 Å². The average Bonchev–Trinajstić information content (AvgIpc) is 2.57. The van der Waals surface area contributed by atoms with Crippen LogP contribution in [0.25, 0.3) is 0 Å². The number of Topliss-reactive ketones (excluding diaryl/α,β-unsaturated/α-hetero) is 1. The summed E-state index contributed by atoms with van der Waals surface area (Å²) in [5.74, 6) is 1.05. The van der Waals surface area contributed by atoms with Crippen LogP contribution in [0.1, 0.15) is 22.3 Å². The van der Waals surface area contributed by atoms with Gasteiger partial charge in [-0.05, 0) is 30.2 Å². The lowest BCUT2D eigenvalue weighted by atomic mass is 10.1. The summed E-state index contributed by atoms with van der Waals surface area (Å²) in [5.41, 5.74) is 7.29. The quantitative estimate of drug-likeness (QED) is 0.779. The predicted octanol–water partition coefficient (Wildman–Crippen LogP) is 1.15. The first-order valence-electron chi connectivity index (χ1n) is 4.80. The third-order valence-corrected chi connectivity index (χ3v) is 2.39. The molecule has 3 nitrogen and oxygen atoms in total. The zero-order valence-electron chi connectivity index (χ0n) is 7.95. The average molecular weight is 191 g/mol. The minimum atomic E-state index is 0.241. The van der Waals surface area contributed by atoms with Gasteiger partial charge in [0.25, 0.3) is 0 Å². The van der Waals surface area contributed by atoms with Crippen molar-refractivity contribution in [3.8, 4) is 5.75 Å². The van der Waals surface area contributed by atoms with Crippen LogP contribution in [-0.2, 0) is 6.42 Å². The summed E-state index contributed by atoms with van der Waals surface area (Å²) in [6.07, 6.45) is 1.48. The Morgan fingerprint density at radius 2 is 2.21 bits per heavy atom. The molecule has 3 heteroatoms. The second-order valence-electron chi connectivity index (χ2n) is 3.38. The standard InChI is InChI=1S/C11H13NO2/c12-5-6-14-9-2-3-10-8(7-9)1-4-11(10)13/h2-3,7H,1,4-6,12H2. The largest absolute Gasteiger partial charge is 0.492 e. The molecule has 2 rings (SSSR count). The monoisotopic (exact) mass is 191 g/mol. The first kappa shape index (κ1) is 9.21. The number of benzene rings is 1. The van der Waals surface area contributed by atoms with E-state index in [-0.39, 0.29) is 5.78 Å². The summed E-state index contributed by atoms with van der Waals surface area (Å²) in [7, 11) is 0. The van der Waals surface area contributed by atoms with Gasteiger partial charge in [0.15, 0.2) is 5.78 Å². The fraction of sp³-hybridized carbons (Fsp3) is 0.364. The molecule has 0 saturated heterocycles. The zero-order valence-corrected chi connectivity index (χ0v) is 7.95. The molecule has 1 aromatic rings. The number of nitrogens with two attached hydrogens (primary N) is 1. The van der Waals surface area contributed by atoms with Crippen LogP contribution in [0.15, 0.2) is 18.2 Å². The second-order valence-corrected chi connectivity index (χ2v) is 3.38. The highest BCUT2D eigenvalue weighted by molar-refractivity contribution is 6.00. The Hall–Kier alpha value is -1.35. The first-order valence-corrected chi connectivity index (χ1v) is 4.80. The molecule has 0 saturated carbocycles. The molecule has 0 aliphatic heterocycles. The molecule has 0 bridgehead atoms. The summed E-state index contributed by atoms with van der Waals surface area (Å²) < 4.78 is 5.38. The van der Waals surface area contributed by atoms with Gasteiger partial charge in [-0.15, -0.1) is 0 Å². The zero-order chi connectivity index (χ0) is 9.97. The summed E-state index contributed by atoms with van der Waals surface area (Å²) in [4.78, 5) is 11.3. The molecule has 0 unspecified atom stereocenters. The fourth-order valence-electron chi connectivity index (χ4n) is 1.70. The highest BCUT2D eigenvalue weighted by Gasteiger charge is 2.19. The number of aryl methyl sites for hydroxylation is 1. The maximum absolute atomic E-state index is 11.3. The SMILES string of the molecule is NCCOc1ccc2c(c1)CCC2=O. The van der Waals surface area contributed by atoms with E-state index in [1.807, 2.05) is 18.2 Å². The van der Waals surface area contributed by atoms with Crippen LogP contribution in [0.5, 0.6) is 5.75 Å². The summed E-state index contributed by atoms with van der Waals surface area (Å²) in [6.45, 7) is 1.03. The van der Waals surface area contributed by atoms with Crippen LogP contribution in [0.4, 0.5) is 0 Å². The second kappa shape index (κ2) is 3.80. The van der Waals surface area contributed by atoms with E-state index in [1.54, 1.807) is 0 Å². The van der Waals surface area contributed by atoms with E-state index < -0.39 is 0 Å². The number of rotatable bonds is 3. The van der Waals surface area contributed by atoms with Gasteiger partial charge in [-0.2, -0.15) is 0 Å². The van der Waals surface area contributed by atoms with Gasteiger partial charge in [0.2, 0.25) is 0 Å². The Balaban J connectivity index is 2.19. The van der Waals surface area contributed by atoms with Crippen LogP contribution in [-0.4, -0.2) is 18.9 Å². The van der Waals surface area contributed by atoms with E-state index in [4.69, 9.17) is 10.5 Å². The molecule has 0 aromatic heterocycles. The number of hydrogen-bond donors (Lipinski definition) is 1. The Labute approximate surface area is 82.9 Å². The van der Waals surface area contributed by atoms with Crippen LogP contribution in [0.2, 0.25) is 0 Å². The van der Waals surface area contributed by atoms with Gasteiger partial charge in [-0.25, -0.2) is 0 Å². The fourth-order valence-corrected chi connectivity index (χ4v) is 1.70. The van der Waals surface area contributed by atoms with Crippen molar-refractivity contribution < 1.29 is 9.53 Å². The summed E-state index contributed by atoms with van der Waals surface area (Å²) >= 11 is 0. The predicted molar refractivity (Wildman–Crippen MR) is 53.6 cm³/mol. The Morgan fingerprint density at radius 1 is 1.36 bits per heavy atom. The number of hydrogen-bond acceptors (Lipinski definition) is 3. The van der Waals surface area contributed by atoms with E-state index in [1.165, 1.54) is 0 Å². The first-order chi connectivity index (χ1) is 6.81. The van der Waals surface area contributed by atoms with Gasteiger partial charge >= 0.3 is 0 Å². The molecular weight excluding hydrogens is 178 g/mol. The van der Waals surface area contributed by atoms with Gasteiger partial charge < -0.3 is 10.5 Å². The van der Waals surface area contributed by atoms with Crippen molar-refractivity contribution in [2.75, 3.05) is 13.2 Å². The lowest BCUT2D eigenvalue weighted by molar-refractivity contribution is 0.0994. The lowest BCUT2D eigenvalue weighted by Gasteiger charge is -2.05. The van der Waals surface area contributed by atoms with Crippen LogP contribution >= 0.6 is 0 Å². The van der Waals surface area contributed by atoms with E-state index in [2.05, 4.69) is 0 Å². The van der Waals surface area contributed by atoms with Crippen LogP contribution in [0, 0.1) is 0 Å². The summed E-state index contributed by atoms with van der Waals surface area (Å²) in [5, 5.41) is 0. The van der Waals surface area contributed by atoms with E-state index in [9.17, 15) is 4.79 Å². The third-order valence-electron chi connectivity index (χ3n) is 2.39. The number of ketones is 1. The Morgan fingerprint density at radius 3 is 3.00 bits per heavy atom. The van der Waals surface area contributed by atoms with Crippen molar-refractivity contribution in [3.63, 3.8) is 0 Å². The van der Waals surface area contributed by atoms with Crippen LogP contribution in [0.3, 0.4) is 0 Å². The van der Waals surface area contributed by atoms with Gasteiger partial charge in [0, 0.05) is 18.5 Å². The van der Waals surface area contributed by atoms with Crippen molar-refractivity contribution in [2.24, 2.45) is 5.73 Å². The van der Waals surface area contributed by atoms with Crippen molar-refractivity contribution in [1.82, 2.24) is 0 Å². The molecule has 14 heavy (non-hydrogen) atoms. The molecular formula is C11H13NO2. The molecule has 0 radical (unpaired) electrons. The number of fused-ring (bicyclic) bond motifs is 1. The molecule has 0 heterocycles. The minimum Gasteiger partial charge on any atom is -0.492 e. The van der Waals surface area contributed by atoms with Gasteiger partial charge in [-0.3, -0.25) is 4.79 Å². The molecule has 1 aromatic carbocycles. The Bertz CT molecular complexity index is 360. The number of carbonyl (C=O) groups is 1. The van der Waals surface area contributed by atoms with Crippen molar-refractivity contribution in [2.45, 2.75) is 12.8 Å². The van der Waals surface area contributed by atoms with E-state index >= 15 is 0 Å². The number of ether oxygens (including phenoxy) is 1. The topological polar surface area (TPSA) is 52.3 Å². The smallest absolute Gasteiger partial charge is 0.163 e. The molecule has 0 fully saturated rings. The summed E-state index contributed by atoms with van der Waals surface area (Å²) in [6, 6.07) is 5.62. The van der Waals surface area contributed by atoms with E-state index in [0.29, 0.717) is 19.6 Å². The highest BCUT2D eigenvalue weighted by atomic mass is 16.5. The lowest BCUT2D eigenvalue weighted by Crippen LogP contribution is -2.10. The van der Waals surface area contributed by atoms with Crippen molar-refractivity contribution in [1.29, 1.82) is 0 Å². The molecule has 0 amide bonds. The third kappa shape index (κ3) is 1.63. The van der Waals surface area contributed by atoms with Gasteiger partial charge in [-0.1, -0.05) is 0 Å². The van der Waals surface area contributed by atoms with E-state index in [0.717, 1.165) is 23.3 Å². The van der Waals surface area contributed by atoms with Crippen molar-refractivity contribution in [3.05, 3.63) is 29.3 Å². The molecule has 2 N–H and O–H groups in total. The number of carbonyl (C=O) groups excluding carboxylic acids is 1. The maximum Gasteiger partial charge on any atom is 0.163 e. The minimum absolute atomic E-state index is 0.241. The van der Waals surface area contributed by atoms with Gasteiger partial charge in [0.1, 0.15) is 12.4 Å². The normalized spacial score (nSPS) is 14.2. The highest BCUT2D eigenvalue weighted by Crippen LogP contribution is 2.25. The molecule has 1 aliphatic carbocycles. The molecule has 0 spiro atoms. The molecule has 0 atom stereocenters. The van der Waals surface area contributed by atoms with Crippen LogP contribution < -0.4 is 10.5 Å². The Kier molecular flexibility index (Phi) is 2.50. The maximum atomic E-state index is 11.3.